The molecule has 0 rings (SSSR count). The van der Waals surface area contributed by atoms with Crippen molar-refractivity contribution in [1.29, 1.82) is 0 Å². The van der Waals surface area contributed by atoms with E-state index in [0.29, 0.717) is 0 Å². The van der Waals surface area contributed by atoms with E-state index < -0.39 is 34.4 Å². The van der Waals surface area contributed by atoms with E-state index in [4.69, 9.17) is 44.3 Å². The molecular formula is C12H13Cl3O6. The highest BCUT2D eigenvalue weighted by molar-refractivity contribution is 6.75. The fourth-order valence-corrected chi connectivity index (χ4v) is 1.02. The third-order valence-electron chi connectivity index (χ3n) is 1.83. The minimum atomic E-state index is -2.26. The number of esters is 3. The summed E-state index contributed by atoms with van der Waals surface area (Å²) < 4.78 is 12.0. The predicted octanol–water partition coefficient (Wildman–Crippen LogP) is 2.12. The fraction of sp³-hybridized carbons (Fsp3) is 0.417. The Kier molecular flexibility index (Phi) is 8.39. The van der Waals surface area contributed by atoms with Crippen molar-refractivity contribution in [1.82, 2.24) is 0 Å². The molecule has 0 amide bonds. The number of hydrogen-bond donors (Lipinski definition) is 0. The van der Waals surface area contributed by atoms with Gasteiger partial charge in [0.1, 0.15) is 13.2 Å². The summed E-state index contributed by atoms with van der Waals surface area (Å²) in [6.45, 7) is 7.18. The Balaban J connectivity index is 4.61. The Bertz CT molecular complexity index is 441. The zero-order chi connectivity index (χ0) is 16.6. The van der Waals surface area contributed by atoms with Crippen molar-refractivity contribution >= 4 is 52.7 Å². The second kappa shape index (κ2) is 8.92. The highest BCUT2D eigenvalue weighted by Gasteiger charge is 2.33. The molecule has 0 aliphatic carbocycles. The van der Waals surface area contributed by atoms with Crippen LogP contribution in [0.3, 0.4) is 0 Å². The Hall–Kier alpha value is -1.24. The molecule has 0 aromatic rings. The van der Waals surface area contributed by atoms with Crippen LogP contribution in [0.4, 0.5) is 0 Å². The maximum absolute atomic E-state index is 11.4. The zero-order valence-electron chi connectivity index (χ0n) is 11.1. The third-order valence-corrected chi connectivity index (χ3v) is 2.30. The van der Waals surface area contributed by atoms with Crippen LogP contribution in [0.15, 0.2) is 24.8 Å². The highest BCUT2D eigenvalue weighted by Crippen LogP contribution is 2.27. The standard InChI is InChI=1S/C12H13Cl3O6/c1-4-9(16)19-5-8(21-10(17)7(2)3)6-20-11(18)12(13,14)15/h4,8H,1-2,5-6H2,3H3. The number of carbonyl (C=O) groups excluding carboxylic acids is 3. The first kappa shape index (κ1) is 19.8. The Morgan fingerprint density at radius 3 is 2.14 bits per heavy atom. The minimum absolute atomic E-state index is 0.114. The van der Waals surface area contributed by atoms with Gasteiger partial charge in [-0.25, -0.2) is 14.4 Å². The van der Waals surface area contributed by atoms with Crippen LogP contribution in [0.5, 0.6) is 0 Å². The summed E-state index contributed by atoms with van der Waals surface area (Å²) in [5.74, 6) is -2.64. The molecule has 1 atom stereocenters. The topological polar surface area (TPSA) is 78.9 Å². The molecule has 0 radical (unpaired) electrons. The van der Waals surface area contributed by atoms with Crippen LogP contribution in [0.2, 0.25) is 0 Å². The second-order valence-corrected chi connectivity index (χ2v) is 6.02. The van der Waals surface area contributed by atoms with Gasteiger partial charge in [0.15, 0.2) is 6.10 Å². The van der Waals surface area contributed by atoms with Crippen molar-refractivity contribution < 1.29 is 28.6 Å². The van der Waals surface area contributed by atoms with Crippen molar-refractivity contribution in [3.05, 3.63) is 24.8 Å². The zero-order valence-corrected chi connectivity index (χ0v) is 13.3. The van der Waals surface area contributed by atoms with Gasteiger partial charge in [-0.2, -0.15) is 0 Å². The van der Waals surface area contributed by atoms with Gasteiger partial charge in [0.05, 0.1) is 0 Å². The van der Waals surface area contributed by atoms with Gasteiger partial charge in [0.25, 0.3) is 3.79 Å². The van der Waals surface area contributed by atoms with Gasteiger partial charge >= 0.3 is 17.9 Å². The van der Waals surface area contributed by atoms with E-state index >= 15 is 0 Å². The predicted molar refractivity (Wildman–Crippen MR) is 77.1 cm³/mol. The van der Waals surface area contributed by atoms with Gasteiger partial charge in [0, 0.05) is 11.6 Å². The lowest BCUT2D eigenvalue weighted by Gasteiger charge is -2.19. The molecule has 9 heteroatoms. The molecule has 0 fully saturated rings. The lowest BCUT2D eigenvalue weighted by molar-refractivity contribution is -0.162. The molecule has 0 aliphatic heterocycles. The van der Waals surface area contributed by atoms with E-state index in [1.165, 1.54) is 6.92 Å². The smallest absolute Gasteiger partial charge is 0.358 e. The molecule has 0 aromatic carbocycles. The van der Waals surface area contributed by atoms with E-state index in [1.807, 2.05) is 0 Å². The van der Waals surface area contributed by atoms with Gasteiger partial charge in [-0.3, -0.25) is 0 Å². The summed E-state index contributed by atoms with van der Waals surface area (Å²) in [7, 11) is 0. The van der Waals surface area contributed by atoms with Crippen LogP contribution in [0.1, 0.15) is 6.92 Å². The summed E-state index contributed by atoms with van der Waals surface area (Å²) in [6, 6.07) is 0. The van der Waals surface area contributed by atoms with Gasteiger partial charge in [-0.15, -0.1) is 0 Å². The molecule has 0 spiro atoms. The van der Waals surface area contributed by atoms with Crippen LogP contribution in [0, 0.1) is 0 Å². The lowest BCUT2D eigenvalue weighted by Crippen LogP contribution is -2.33. The third kappa shape index (κ3) is 8.60. The molecule has 1 unspecified atom stereocenters. The Labute approximate surface area is 136 Å². The van der Waals surface area contributed by atoms with Gasteiger partial charge in [-0.1, -0.05) is 48.0 Å². The summed E-state index contributed by atoms with van der Waals surface area (Å²) in [5, 5.41) is 0. The van der Waals surface area contributed by atoms with Gasteiger partial charge in [0.2, 0.25) is 0 Å². The molecule has 118 valence electrons. The Morgan fingerprint density at radius 2 is 1.71 bits per heavy atom. The number of carbonyl (C=O) groups is 3. The summed E-state index contributed by atoms with van der Waals surface area (Å²) in [6.07, 6.45) is -0.153. The quantitative estimate of drug-likeness (QED) is 0.300. The van der Waals surface area contributed by atoms with Gasteiger partial charge in [-0.05, 0) is 6.92 Å². The average molecular weight is 360 g/mol. The van der Waals surface area contributed by atoms with Crippen LogP contribution in [0.25, 0.3) is 0 Å². The van der Waals surface area contributed by atoms with Crippen LogP contribution >= 0.6 is 34.8 Å². The van der Waals surface area contributed by atoms with Crippen LogP contribution in [-0.2, 0) is 28.6 Å². The summed E-state index contributed by atoms with van der Waals surface area (Å²) in [5.41, 5.74) is 0.114. The van der Waals surface area contributed by atoms with Crippen molar-refractivity contribution in [2.45, 2.75) is 16.8 Å². The number of alkyl halides is 3. The van der Waals surface area contributed by atoms with Crippen molar-refractivity contribution in [3.63, 3.8) is 0 Å². The van der Waals surface area contributed by atoms with Crippen LogP contribution < -0.4 is 0 Å². The van der Waals surface area contributed by atoms with E-state index in [1.54, 1.807) is 0 Å². The first-order valence-electron chi connectivity index (χ1n) is 5.47. The molecule has 0 aliphatic rings. The highest BCUT2D eigenvalue weighted by atomic mass is 35.6. The molecular weight excluding hydrogens is 346 g/mol. The van der Waals surface area contributed by atoms with Gasteiger partial charge < -0.3 is 14.2 Å². The summed E-state index contributed by atoms with van der Waals surface area (Å²) in [4.78, 5) is 33.7. The second-order valence-electron chi connectivity index (χ2n) is 3.74. The maximum Gasteiger partial charge on any atom is 0.358 e. The number of hydrogen-bond acceptors (Lipinski definition) is 6. The van der Waals surface area contributed by atoms with Crippen LogP contribution in [-0.4, -0.2) is 41.0 Å². The van der Waals surface area contributed by atoms with E-state index in [-0.39, 0.29) is 12.2 Å². The largest absolute Gasteiger partial charge is 0.458 e. The number of ether oxygens (including phenoxy) is 3. The SMILES string of the molecule is C=CC(=O)OCC(COC(=O)C(Cl)(Cl)Cl)OC(=O)C(=C)C. The Morgan fingerprint density at radius 1 is 1.19 bits per heavy atom. The number of rotatable bonds is 7. The molecule has 0 heterocycles. The molecule has 21 heavy (non-hydrogen) atoms. The van der Waals surface area contributed by atoms with E-state index in [2.05, 4.69) is 17.9 Å². The maximum atomic E-state index is 11.4. The van der Waals surface area contributed by atoms with E-state index in [0.717, 1.165) is 6.08 Å². The minimum Gasteiger partial charge on any atom is -0.458 e. The number of halogens is 3. The molecule has 0 saturated heterocycles. The molecule has 0 bridgehead atoms. The lowest BCUT2D eigenvalue weighted by atomic mass is 10.3. The first-order valence-corrected chi connectivity index (χ1v) is 6.61. The molecule has 0 saturated carbocycles. The molecule has 0 aromatic heterocycles. The first-order chi connectivity index (χ1) is 9.57. The van der Waals surface area contributed by atoms with Crippen molar-refractivity contribution in [3.8, 4) is 0 Å². The summed E-state index contributed by atoms with van der Waals surface area (Å²) >= 11 is 15.9. The monoisotopic (exact) mass is 358 g/mol. The normalized spacial score (nSPS) is 12.0. The van der Waals surface area contributed by atoms with E-state index in [9.17, 15) is 14.4 Å². The molecule has 0 N–H and O–H groups in total. The fourth-order valence-electron chi connectivity index (χ4n) is 0.853. The average Bonchev–Trinajstić information content (AvgIpc) is 2.39. The molecule has 6 nitrogen and oxygen atoms in total. The van der Waals surface area contributed by atoms with Crippen molar-refractivity contribution in [2.75, 3.05) is 13.2 Å². The van der Waals surface area contributed by atoms with Crippen molar-refractivity contribution in [2.24, 2.45) is 0 Å².